The number of hydrogen-bond acceptors (Lipinski definition) is 3. The topological polar surface area (TPSA) is 58.6 Å². The molecule has 0 aromatic heterocycles. The molecule has 26 heavy (non-hydrogen) atoms. The van der Waals surface area contributed by atoms with Crippen LogP contribution in [0.5, 0.6) is 0 Å². The fraction of sp³-hybridized carbons (Fsp3) is 0.400. The number of carbonyl (C=O) groups excluding carboxylic acids is 2. The number of alkyl halides is 1. The van der Waals surface area contributed by atoms with Crippen molar-refractivity contribution in [3.8, 4) is 0 Å². The lowest BCUT2D eigenvalue weighted by Crippen LogP contribution is -2.52. The second-order valence-corrected chi connectivity index (χ2v) is 8.40. The third-order valence-corrected chi connectivity index (χ3v) is 5.43. The Morgan fingerprint density at radius 2 is 2.00 bits per heavy atom. The van der Waals surface area contributed by atoms with Gasteiger partial charge in [0, 0.05) is 35.6 Å². The molecule has 1 atom stereocenters. The molecule has 1 saturated heterocycles. The van der Waals surface area contributed by atoms with Gasteiger partial charge in [-0.05, 0) is 43.9 Å². The first-order valence-corrected chi connectivity index (χ1v) is 9.17. The van der Waals surface area contributed by atoms with Gasteiger partial charge in [0.25, 0.3) is 5.91 Å². The van der Waals surface area contributed by atoms with Crippen LogP contribution in [0.1, 0.15) is 42.1 Å². The van der Waals surface area contributed by atoms with Crippen LogP contribution >= 0.6 is 11.6 Å². The van der Waals surface area contributed by atoms with Gasteiger partial charge in [-0.3, -0.25) is 4.79 Å². The predicted octanol–water partition coefficient (Wildman–Crippen LogP) is 4.55. The molecule has 0 radical (unpaired) electrons. The number of likely N-dealkylation sites (tertiary alicyclic amines) is 1. The standard InChI is InChI=1S/C20H21ClN2O3/c1-20(2,3)26-19(25)23-9-11(10-23)17(21)13-7-8-14-16-12(13)5-4-6-15(16)22-18(14)24/h4-8,11,17H,9-10H2,1-3H3,(H,22,24). The SMILES string of the molecule is CC(C)(C)OC(=O)N1CC(C(Cl)c2ccc3c4c(cccc24)NC3=O)C1. The van der Waals surface area contributed by atoms with Crippen molar-refractivity contribution in [1.29, 1.82) is 0 Å². The number of amides is 2. The summed E-state index contributed by atoms with van der Waals surface area (Å²) >= 11 is 6.77. The fourth-order valence-electron chi connectivity index (χ4n) is 3.58. The Hall–Kier alpha value is -2.27. The van der Waals surface area contributed by atoms with E-state index in [1.807, 2.05) is 51.1 Å². The molecule has 2 aromatic carbocycles. The molecule has 2 aliphatic heterocycles. The number of benzene rings is 2. The van der Waals surface area contributed by atoms with Crippen LogP contribution in [0.4, 0.5) is 10.5 Å². The molecule has 0 spiro atoms. The summed E-state index contributed by atoms with van der Waals surface area (Å²) < 4.78 is 5.40. The Morgan fingerprint density at radius 3 is 2.69 bits per heavy atom. The third-order valence-electron chi connectivity index (χ3n) is 4.84. The second kappa shape index (κ2) is 5.88. The van der Waals surface area contributed by atoms with Crippen molar-refractivity contribution in [3.05, 3.63) is 41.5 Å². The molecule has 5 nitrogen and oxygen atoms in total. The first-order chi connectivity index (χ1) is 12.2. The summed E-state index contributed by atoms with van der Waals surface area (Å²) in [7, 11) is 0. The highest BCUT2D eigenvalue weighted by Crippen LogP contribution is 2.42. The summed E-state index contributed by atoms with van der Waals surface area (Å²) in [5.74, 6) is 0.0833. The Kier molecular flexibility index (Phi) is 3.88. The molecule has 1 N–H and O–H groups in total. The van der Waals surface area contributed by atoms with E-state index in [2.05, 4.69) is 5.32 Å². The van der Waals surface area contributed by atoms with Crippen molar-refractivity contribution < 1.29 is 14.3 Å². The maximum absolute atomic E-state index is 12.1. The van der Waals surface area contributed by atoms with E-state index in [0.717, 1.165) is 22.0 Å². The van der Waals surface area contributed by atoms with E-state index in [1.54, 1.807) is 4.90 Å². The van der Waals surface area contributed by atoms with Crippen molar-refractivity contribution in [2.75, 3.05) is 18.4 Å². The van der Waals surface area contributed by atoms with Gasteiger partial charge < -0.3 is 15.0 Å². The molecule has 2 aromatic rings. The second-order valence-electron chi connectivity index (χ2n) is 7.93. The summed E-state index contributed by atoms with van der Waals surface area (Å²) in [6, 6.07) is 9.59. The Balaban J connectivity index is 1.54. The van der Waals surface area contributed by atoms with E-state index in [-0.39, 0.29) is 23.3 Å². The van der Waals surface area contributed by atoms with Crippen molar-refractivity contribution in [2.45, 2.75) is 31.7 Å². The van der Waals surface area contributed by atoms with Crippen LogP contribution in [0, 0.1) is 5.92 Å². The van der Waals surface area contributed by atoms with Crippen LogP contribution in [0.2, 0.25) is 0 Å². The number of carbonyl (C=O) groups is 2. The van der Waals surface area contributed by atoms with Crippen molar-refractivity contribution in [2.24, 2.45) is 5.92 Å². The number of ether oxygens (including phenoxy) is 1. The van der Waals surface area contributed by atoms with Crippen LogP contribution in [0.25, 0.3) is 10.8 Å². The van der Waals surface area contributed by atoms with E-state index < -0.39 is 5.60 Å². The van der Waals surface area contributed by atoms with Crippen LogP contribution in [0.3, 0.4) is 0 Å². The van der Waals surface area contributed by atoms with Crippen molar-refractivity contribution in [3.63, 3.8) is 0 Å². The molecule has 2 heterocycles. The summed E-state index contributed by atoms with van der Waals surface area (Å²) in [5.41, 5.74) is 2.02. The molecule has 0 saturated carbocycles. The number of nitrogens with one attached hydrogen (secondary N) is 1. The van der Waals surface area contributed by atoms with Crippen LogP contribution in [0.15, 0.2) is 30.3 Å². The highest BCUT2D eigenvalue weighted by atomic mass is 35.5. The van der Waals surface area contributed by atoms with Gasteiger partial charge in [0.05, 0.1) is 5.38 Å². The summed E-state index contributed by atoms with van der Waals surface area (Å²) in [4.78, 5) is 25.8. The first kappa shape index (κ1) is 17.2. The molecule has 2 aliphatic rings. The molecule has 4 rings (SSSR count). The maximum atomic E-state index is 12.1. The van der Waals surface area contributed by atoms with Gasteiger partial charge in [0.1, 0.15) is 5.60 Å². The number of nitrogens with zero attached hydrogens (tertiary/aromatic N) is 1. The van der Waals surface area contributed by atoms with E-state index in [1.165, 1.54) is 0 Å². The van der Waals surface area contributed by atoms with Gasteiger partial charge >= 0.3 is 6.09 Å². The number of halogens is 1. The zero-order valence-corrected chi connectivity index (χ0v) is 15.8. The largest absolute Gasteiger partial charge is 0.444 e. The smallest absolute Gasteiger partial charge is 0.410 e. The van der Waals surface area contributed by atoms with E-state index in [4.69, 9.17) is 16.3 Å². The average molecular weight is 373 g/mol. The van der Waals surface area contributed by atoms with Crippen LogP contribution in [-0.4, -0.2) is 35.6 Å². The van der Waals surface area contributed by atoms with Crippen molar-refractivity contribution in [1.82, 2.24) is 4.90 Å². The van der Waals surface area contributed by atoms with Gasteiger partial charge in [-0.15, -0.1) is 11.6 Å². The zero-order chi connectivity index (χ0) is 18.6. The Morgan fingerprint density at radius 1 is 1.27 bits per heavy atom. The monoisotopic (exact) mass is 372 g/mol. The van der Waals surface area contributed by atoms with E-state index >= 15 is 0 Å². The average Bonchev–Trinajstić information content (AvgIpc) is 2.82. The lowest BCUT2D eigenvalue weighted by molar-refractivity contribution is -0.00152. The van der Waals surface area contributed by atoms with Crippen LogP contribution < -0.4 is 5.32 Å². The summed E-state index contributed by atoms with van der Waals surface area (Å²) in [6.45, 7) is 6.71. The molecule has 1 fully saturated rings. The van der Waals surface area contributed by atoms with Gasteiger partial charge in [-0.25, -0.2) is 4.79 Å². The number of hydrogen-bond donors (Lipinski definition) is 1. The van der Waals surface area contributed by atoms with Gasteiger partial charge in [-0.1, -0.05) is 18.2 Å². The molecule has 136 valence electrons. The summed E-state index contributed by atoms with van der Waals surface area (Å²) in [6.07, 6.45) is -0.298. The lowest BCUT2D eigenvalue weighted by Gasteiger charge is -2.42. The Bertz CT molecular complexity index is 913. The third kappa shape index (κ3) is 2.80. The number of rotatable bonds is 2. The molecule has 0 aliphatic carbocycles. The predicted molar refractivity (Wildman–Crippen MR) is 102 cm³/mol. The molecular formula is C20H21ClN2O3. The molecule has 6 heteroatoms. The van der Waals surface area contributed by atoms with E-state index in [9.17, 15) is 9.59 Å². The molecule has 2 amide bonds. The minimum atomic E-state index is -0.500. The molecular weight excluding hydrogens is 352 g/mol. The quantitative estimate of drug-likeness (QED) is 0.786. The normalized spacial score (nSPS) is 17.8. The van der Waals surface area contributed by atoms with Crippen LogP contribution in [-0.2, 0) is 4.74 Å². The summed E-state index contributed by atoms with van der Waals surface area (Å²) in [5, 5.41) is 4.59. The van der Waals surface area contributed by atoms with Crippen molar-refractivity contribution >= 4 is 40.1 Å². The Labute approximate surface area is 157 Å². The maximum Gasteiger partial charge on any atom is 0.410 e. The highest BCUT2D eigenvalue weighted by molar-refractivity contribution is 6.26. The number of anilines is 1. The fourth-order valence-corrected chi connectivity index (χ4v) is 3.93. The molecule has 1 unspecified atom stereocenters. The first-order valence-electron chi connectivity index (χ1n) is 8.73. The van der Waals surface area contributed by atoms with Gasteiger partial charge in [0.15, 0.2) is 0 Å². The van der Waals surface area contributed by atoms with E-state index in [0.29, 0.717) is 18.7 Å². The zero-order valence-electron chi connectivity index (χ0n) is 15.0. The minimum Gasteiger partial charge on any atom is -0.444 e. The molecule has 0 bridgehead atoms. The lowest BCUT2D eigenvalue weighted by atomic mass is 9.88. The minimum absolute atomic E-state index is 0.0754. The van der Waals surface area contributed by atoms with Gasteiger partial charge in [0.2, 0.25) is 0 Å². The highest BCUT2D eigenvalue weighted by Gasteiger charge is 2.39. The van der Waals surface area contributed by atoms with Gasteiger partial charge in [-0.2, -0.15) is 0 Å².